The molecule has 1 N–H and O–H groups in total. The molecule has 0 amide bonds. The van der Waals surface area contributed by atoms with E-state index in [4.69, 9.17) is 9.15 Å². The zero-order valence-electron chi connectivity index (χ0n) is 19.2. The van der Waals surface area contributed by atoms with E-state index in [-0.39, 0.29) is 12.4 Å². The number of aromatic nitrogens is 1. The topological polar surface area (TPSA) is 50.5 Å². The second-order valence-electron chi connectivity index (χ2n) is 7.85. The fraction of sp³-hybridized carbons (Fsp3) is 0.192. The Labute approximate surface area is 207 Å². The number of oxazole rings is 1. The molecule has 0 aliphatic heterocycles. The highest BCUT2D eigenvalue weighted by Gasteiger charge is 2.29. The standard InChI is InChI=1S/C26H24F3N3O2.ClH/c1-32(2)21-10-3-18(4-11-21)5-14-25-31-23-13-12-22(17-24(23)34-25)33-16-15-30-20-8-6-19(7-9-20)26(27,28)29;/h3-14,17,30H,15-16H2,1-2H3;1H/b14-5+;. The normalized spacial score (nSPS) is 11.5. The highest BCUT2D eigenvalue weighted by Crippen LogP contribution is 2.29. The summed E-state index contributed by atoms with van der Waals surface area (Å²) < 4.78 is 49.4. The number of rotatable bonds is 8. The first-order chi connectivity index (χ1) is 16.3. The molecule has 0 saturated carbocycles. The van der Waals surface area contributed by atoms with Crippen molar-refractivity contribution >= 4 is 47.0 Å². The molecule has 35 heavy (non-hydrogen) atoms. The molecule has 0 aliphatic rings. The molecule has 4 rings (SSSR count). The lowest BCUT2D eigenvalue weighted by Crippen LogP contribution is -2.12. The minimum atomic E-state index is -4.34. The Morgan fingerprint density at radius 1 is 0.971 bits per heavy atom. The van der Waals surface area contributed by atoms with Gasteiger partial charge in [0.1, 0.15) is 17.9 Å². The van der Waals surface area contributed by atoms with Crippen LogP contribution in [-0.2, 0) is 6.18 Å². The maximum atomic E-state index is 12.6. The van der Waals surface area contributed by atoms with Gasteiger partial charge in [0.2, 0.25) is 5.89 Å². The maximum Gasteiger partial charge on any atom is 0.416 e. The molecular weight excluding hydrogens is 479 g/mol. The van der Waals surface area contributed by atoms with Gasteiger partial charge < -0.3 is 19.4 Å². The first-order valence-corrected chi connectivity index (χ1v) is 10.7. The fourth-order valence-corrected chi connectivity index (χ4v) is 3.28. The number of hydrogen-bond acceptors (Lipinski definition) is 5. The van der Waals surface area contributed by atoms with Crippen LogP contribution in [0.2, 0.25) is 0 Å². The van der Waals surface area contributed by atoms with Crippen LogP contribution in [0.5, 0.6) is 5.75 Å². The van der Waals surface area contributed by atoms with Crippen LogP contribution in [-0.4, -0.2) is 32.2 Å². The molecule has 3 aromatic carbocycles. The smallest absolute Gasteiger partial charge is 0.416 e. The monoisotopic (exact) mass is 503 g/mol. The predicted octanol–water partition coefficient (Wildman–Crippen LogP) is 7.00. The number of anilines is 2. The van der Waals surface area contributed by atoms with Crippen molar-refractivity contribution < 1.29 is 22.3 Å². The lowest BCUT2D eigenvalue weighted by atomic mass is 10.2. The van der Waals surface area contributed by atoms with E-state index in [0.717, 1.165) is 28.9 Å². The minimum Gasteiger partial charge on any atom is -0.492 e. The molecule has 0 radical (unpaired) electrons. The van der Waals surface area contributed by atoms with Gasteiger partial charge in [0.15, 0.2) is 5.58 Å². The van der Waals surface area contributed by atoms with Gasteiger partial charge in [0, 0.05) is 44.2 Å². The second kappa shape index (κ2) is 11.2. The van der Waals surface area contributed by atoms with Crippen LogP contribution in [0.4, 0.5) is 24.5 Å². The Morgan fingerprint density at radius 3 is 2.34 bits per heavy atom. The quantitative estimate of drug-likeness (QED) is 0.262. The molecule has 0 bridgehead atoms. The van der Waals surface area contributed by atoms with Gasteiger partial charge in [-0.3, -0.25) is 0 Å². The number of fused-ring (bicyclic) bond motifs is 1. The lowest BCUT2D eigenvalue weighted by molar-refractivity contribution is -0.137. The molecule has 184 valence electrons. The van der Waals surface area contributed by atoms with Gasteiger partial charge in [-0.15, -0.1) is 12.4 Å². The van der Waals surface area contributed by atoms with Crippen molar-refractivity contribution in [2.24, 2.45) is 0 Å². The summed E-state index contributed by atoms with van der Waals surface area (Å²) >= 11 is 0. The highest BCUT2D eigenvalue weighted by atomic mass is 35.5. The van der Waals surface area contributed by atoms with E-state index in [2.05, 4.69) is 10.3 Å². The molecule has 0 spiro atoms. The Kier molecular flexibility index (Phi) is 8.30. The third-order valence-corrected chi connectivity index (χ3v) is 5.12. The molecular formula is C26H25ClF3N3O2. The van der Waals surface area contributed by atoms with Gasteiger partial charge in [-0.2, -0.15) is 13.2 Å². The summed E-state index contributed by atoms with van der Waals surface area (Å²) in [6.07, 6.45) is -0.581. The van der Waals surface area contributed by atoms with Crippen molar-refractivity contribution in [1.29, 1.82) is 0 Å². The van der Waals surface area contributed by atoms with E-state index in [1.807, 2.05) is 61.5 Å². The van der Waals surface area contributed by atoms with E-state index in [9.17, 15) is 13.2 Å². The summed E-state index contributed by atoms with van der Waals surface area (Å²) in [4.78, 5) is 6.51. The van der Waals surface area contributed by atoms with Gasteiger partial charge in [0.05, 0.1) is 5.56 Å². The molecule has 0 fully saturated rings. The summed E-state index contributed by atoms with van der Waals surface area (Å²) in [6, 6.07) is 18.4. The summed E-state index contributed by atoms with van der Waals surface area (Å²) in [7, 11) is 3.99. The molecule has 1 aromatic heterocycles. The van der Waals surface area contributed by atoms with Crippen molar-refractivity contribution in [3.8, 4) is 5.75 Å². The van der Waals surface area contributed by atoms with E-state index < -0.39 is 11.7 Å². The molecule has 0 unspecified atom stereocenters. The number of nitrogens with zero attached hydrogens (tertiary/aromatic N) is 2. The number of halogens is 4. The van der Waals surface area contributed by atoms with Crippen LogP contribution in [0.25, 0.3) is 23.3 Å². The molecule has 9 heteroatoms. The van der Waals surface area contributed by atoms with Gasteiger partial charge >= 0.3 is 6.18 Å². The van der Waals surface area contributed by atoms with Crippen LogP contribution in [0, 0.1) is 0 Å². The lowest BCUT2D eigenvalue weighted by Gasteiger charge is -2.11. The first kappa shape index (κ1) is 26.0. The van der Waals surface area contributed by atoms with Crippen LogP contribution in [0.3, 0.4) is 0 Å². The van der Waals surface area contributed by atoms with Gasteiger partial charge in [0.25, 0.3) is 0 Å². The average molecular weight is 504 g/mol. The second-order valence-corrected chi connectivity index (χ2v) is 7.85. The summed E-state index contributed by atoms with van der Waals surface area (Å²) in [5, 5.41) is 3.04. The Balaban J connectivity index is 0.00000342. The molecule has 0 aliphatic carbocycles. The number of ether oxygens (including phenoxy) is 1. The zero-order valence-corrected chi connectivity index (χ0v) is 20.0. The van der Waals surface area contributed by atoms with E-state index in [0.29, 0.717) is 36.1 Å². The van der Waals surface area contributed by atoms with Crippen molar-refractivity contribution in [3.63, 3.8) is 0 Å². The third kappa shape index (κ3) is 6.93. The fourth-order valence-electron chi connectivity index (χ4n) is 3.28. The van der Waals surface area contributed by atoms with Crippen LogP contribution in [0.1, 0.15) is 17.0 Å². The minimum absolute atomic E-state index is 0. The average Bonchev–Trinajstić information content (AvgIpc) is 3.23. The molecule has 5 nitrogen and oxygen atoms in total. The molecule has 1 heterocycles. The summed E-state index contributed by atoms with van der Waals surface area (Å²) in [5.41, 5.74) is 3.41. The molecule has 4 aromatic rings. The number of benzene rings is 3. The van der Waals surface area contributed by atoms with Gasteiger partial charge in [-0.1, -0.05) is 12.1 Å². The summed E-state index contributed by atoms with van der Waals surface area (Å²) in [5.74, 6) is 1.11. The van der Waals surface area contributed by atoms with Crippen molar-refractivity contribution in [2.45, 2.75) is 6.18 Å². The SMILES string of the molecule is CN(C)c1ccc(/C=C/c2nc3ccc(OCCNc4ccc(C(F)(F)F)cc4)cc3o2)cc1.Cl. The van der Waals surface area contributed by atoms with E-state index in [1.165, 1.54) is 12.1 Å². The molecule has 0 atom stereocenters. The Hall–Kier alpha value is -3.65. The number of hydrogen-bond donors (Lipinski definition) is 1. The van der Waals surface area contributed by atoms with E-state index >= 15 is 0 Å². The van der Waals surface area contributed by atoms with Crippen LogP contribution < -0.4 is 15.0 Å². The third-order valence-electron chi connectivity index (χ3n) is 5.12. The highest BCUT2D eigenvalue weighted by molar-refractivity contribution is 5.85. The largest absolute Gasteiger partial charge is 0.492 e. The predicted molar refractivity (Wildman–Crippen MR) is 136 cm³/mol. The number of nitrogens with one attached hydrogen (secondary N) is 1. The molecule has 0 saturated heterocycles. The van der Waals surface area contributed by atoms with E-state index in [1.54, 1.807) is 12.1 Å². The van der Waals surface area contributed by atoms with Gasteiger partial charge in [-0.05, 0) is 60.2 Å². The van der Waals surface area contributed by atoms with Crippen LogP contribution >= 0.6 is 12.4 Å². The zero-order chi connectivity index (χ0) is 24.1. The Morgan fingerprint density at radius 2 is 1.69 bits per heavy atom. The van der Waals surface area contributed by atoms with Crippen molar-refractivity contribution in [3.05, 3.63) is 83.7 Å². The van der Waals surface area contributed by atoms with Crippen molar-refractivity contribution in [2.75, 3.05) is 37.5 Å². The Bertz CT molecular complexity index is 1270. The van der Waals surface area contributed by atoms with Crippen molar-refractivity contribution in [1.82, 2.24) is 4.98 Å². The number of alkyl halides is 3. The van der Waals surface area contributed by atoms with Gasteiger partial charge in [-0.25, -0.2) is 4.98 Å². The summed E-state index contributed by atoms with van der Waals surface area (Å²) in [6.45, 7) is 0.761. The van der Waals surface area contributed by atoms with Crippen LogP contribution in [0.15, 0.2) is 71.1 Å². The maximum absolute atomic E-state index is 12.6. The first-order valence-electron chi connectivity index (χ1n) is 10.7.